The quantitative estimate of drug-likeness (QED) is 0.356. The fourth-order valence-corrected chi connectivity index (χ4v) is 3.69. The van der Waals surface area contributed by atoms with Gasteiger partial charge in [0.15, 0.2) is 0 Å². The summed E-state index contributed by atoms with van der Waals surface area (Å²) in [5.41, 5.74) is 0. The number of nitrogens with zero attached hydrogens (tertiary/aromatic N) is 2. The molecule has 0 aromatic heterocycles. The predicted octanol–water partition coefficient (Wildman–Crippen LogP) is 1.27. The van der Waals surface area contributed by atoms with Gasteiger partial charge in [-0.25, -0.2) is 4.79 Å². The summed E-state index contributed by atoms with van der Waals surface area (Å²) in [5.74, 6) is -0.488. The lowest BCUT2D eigenvalue weighted by Crippen LogP contribution is -2.57. The summed E-state index contributed by atoms with van der Waals surface area (Å²) < 4.78 is 10.5. The van der Waals surface area contributed by atoms with Crippen LogP contribution in [0.2, 0.25) is 0 Å². The Morgan fingerprint density at radius 3 is 2.73 bits per heavy atom. The topological polar surface area (TPSA) is 105 Å². The van der Waals surface area contributed by atoms with E-state index in [4.69, 9.17) is 9.47 Å². The third-order valence-corrected chi connectivity index (χ3v) is 5.35. The zero-order valence-corrected chi connectivity index (χ0v) is 17.7. The standard InChI is InChI=1S/C21H33N3O6/c1-17(26)29-16-18-15-24(12-11-23(18)13-14-25)20(27)9-10-22-21(28)30-19-7-5-3-2-4-6-8-19/h2-3,14,18-19H,4-13,15-16H2,1H3,(H,22,28)/b3-2+. The molecule has 0 aromatic carbocycles. The summed E-state index contributed by atoms with van der Waals surface area (Å²) in [7, 11) is 0. The minimum absolute atomic E-state index is 0.0846. The van der Waals surface area contributed by atoms with Crippen LogP contribution in [0.4, 0.5) is 4.79 Å². The molecule has 2 unspecified atom stereocenters. The zero-order chi connectivity index (χ0) is 21.8. The van der Waals surface area contributed by atoms with Crippen LogP contribution in [0.1, 0.15) is 45.4 Å². The van der Waals surface area contributed by atoms with Crippen molar-refractivity contribution < 1.29 is 28.7 Å². The van der Waals surface area contributed by atoms with E-state index < -0.39 is 12.1 Å². The number of hydrogen-bond acceptors (Lipinski definition) is 7. The van der Waals surface area contributed by atoms with E-state index in [1.54, 1.807) is 4.90 Å². The molecule has 0 bridgehead atoms. The van der Waals surface area contributed by atoms with Gasteiger partial charge in [0.05, 0.1) is 12.6 Å². The van der Waals surface area contributed by atoms with Gasteiger partial charge in [0.2, 0.25) is 5.91 Å². The van der Waals surface area contributed by atoms with Gasteiger partial charge >= 0.3 is 12.1 Å². The van der Waals surface area contributed by atoms with Crippen molar-refractivity contribution in [2.24, 2.45) is 0 Å². The molecular weight excluding hydrogens is 390 g/mol. The average Bonchev–Trinajstić information content (AvgIpc) is 2.69. The smallest absolute Gasteiger partial charge is 0.407 e. The first-order valence-electron chi connectivity index (χ1n) is 10.7. The van der Waals surface area contributed by atoms with Crippen LogP contribution in [-0.2, 0) is 23.9 Å². The van der Waals surface area contributed by atoms with Crippen LogP contribution < -0.4 is 5.32 Å². The molecule has 2 amide bonds. The predicted molar refractivity (Wildman–Crippen MR) is 110 cm³/mol. The van der Waals surface area contributed by atoms with E-state index in [1.807, 2.05) is 4.90 Å². The molecule has 9 heteroatoms. The Bertz CT molecular complexity index is 624. The van der Waals surface area contributed by atoms with Gasteiger partial charge in [0.1, 0.15) is 19.0 Å². The van der Waals surface area contributed by atoms with Crippen LogP contribution in [0.15, 0.2) is 12.2 Å². The Labute approximate surface area is 177 Å². The zero-order valence-electron chi connectivity index (χ0n) is 17.7. The molecule has 9 nitrogen and oxygen atoms in total. The van der Waals surface area contributed by atoms with Crippen molar-refractivity contribution in [2.75, 3.05) is 39.3 Å². The summed E-state index contributed by atoms with van der Waals surface area (Å²) in [6.45, 7) is 3.29. The van der Waals surface area contributed by atoms with Crippen LogP contribution in [-0.4, -0.2) is 85.5 Å². The molecule has 1 fully saturated rings. The second-order valence-electron chi connectivity index (χ2n) is 7.64. The lowest BCUT2D eigenvalue weighted by molar-refractivity contribution is -0.144. The van der Waals surface area contributed by atoms with E-state index in [0.717, 1.165) is 38.4 Å². The maximum absolute atomic E-state index is 12.5. The van der Waals surface area contributed by atoms with E-state index in [0.29, 0.717) is 19.6 Å². The minimum Gasteiger partial charge on any atom is -0.464 e. The van der Waals surface area contributed by atoms with Crippen LogP contribution in [0, 0.1) is 0 Å². The van der Waals surface area contributed by atoms with Gasteiger partial charge in [0.25, 0.3) is 0 Å². The minimum atomic E-state index is -0.485. The molecule has 0 radical (unpaired) electrons. The van der Waals surface area contributed by atoms with E-state index in [1.165, 1.54) is 6.92 Å². The lowest BCUT2D eigenvalue weighted by Gasteiger charge is -2.40. The highest BCUT2D eigenvalue weighted by Gasteiger charge is 2.30. The first kappa shape index (κ1) is 23.9. The number of nitrogens with one attached hydrogen (secondary N) is 1. The molecule has 0 aromatic rings. The van der Waals surface area contributed by atoms with Crippen molar-refractivity contribution in [3.05, 3.63) is 12.2 Å². The monoisotopic (exact) mass is 423 g/mol. The third kappa shape index (κ3) is 8.52. The van der Waals surface area contributed by atoms with Gasteiger partial charge in [0, 0.05) is 39.5 Å². The molecule has 1 heterocycles. The number of esters is 1. The number of rotatable bonds is 8. The highest BCUT2D eigenvalue weighted by Crippen LogP contribution is 2.15. The van der Waals surface area contributed by atoms with Gasteiger partial charge in [-0.05, 0) is 32.1 Å². The second-order valence-corrected chi connectivity index (χ2v) is 7.64. The lowest BCUT2D eigenvalue weighted by atomic mass is 10.0. The molecule has 2 rings (SSSR count). The number of alkyl carbamates (subject to hydrolysis) is 1. The molecule has 2 atom stereocenters. The molecule has 30 heavy (non-hydrogen) atoms. The van der Waals surface area contributed by atoms with Gasteiger partial charge < -0.3 is 24.5 Å². The molecule has 0 spiro atoms. The number of aldehydes is 1. The fourth-order valence-electron chi connectivity index (χ4n) is 3.69. The number of piperazine rings is 1. The van der Waals surface area contributed by atoms with E-state index >= 15 is 0 Å². The number of carbonyl (C=O) groups excluding carboxylic acids is 4. The Kier molecular flexibility index (Phi) is 10.3. The maximum Gasteiger partial charge on any atom is 0.407 e. The Morgan fingerprint density at radius 2 is 1.97 bits per heavy atom. The van der Waals surface area contributed by atoms with Gasteiger partial charge in [-0.3, -0.25) is 14.5 Å². The van der Waals surface area contributed by atoms with E-state index in [-0.39, 0.29) is 44.2 Å². The van der Waals surface area contributed by atoms with Gasteiger partial charge in [-0.15, -0.1) is 0 Å². The van der Waals surface area contributed by atoms with Crippen molar-refractivity contribution in [3.63, 3.8) is 0 Å². The highest BCUT2D eigenvalue weighted by molar-refractivity contribution is 5.77. The number of carbonyl (C=O) groups is 4. The Balaban J connectivity index is 1.72. The molecule has 0 saturated carbocycles. The number of hydrogen-bond donors (Lipinski definition) is 1. The van der Waals surface area contributed by atoms with Crippen molar-refractivity contribution in [1.29, 1.82) is 0 Å². The largest absolute Gasteiger partial charge is 0.464 e. The van der Waals surface area contributed by atoms with Crippen LogP contribution in [0.25, 0.3) is 0 Å². The van der Waals surface area contributed by atoms with Crippen molar-refractivity contribution in [2.45, 2.75) is 57.6 Å². The van der Waals surface area contributed by atoms with Crippen molar-refractivity contribution in [3.8, 4) is 0 Å². The average molecular weight is 424 g/mol. The number of ether oxygens (including phenoxy) is 2. The highest BCUT2D eigenvalue weighted by atomic mass is 16.6. The van der Waals surface area contributed by atoms with Crippen LogP contribution in [0.3, 0.4) is 0 Å². The Hall–Kier alpha value is -2.42. The third-order valence-electron chi connectivity index (χ3n) is 5.35. The molecule has 1 N–H and O–H groups in total. The van der Waals surface area contributed by atoms with Crippen LogP contribution >= 0.6 is 0 Å². The number of amides is 2. The summed E-state index contributed by atoms with van der Waals surface area (Å²) in [6, 6.07) is -0.219. The first-order chi connectivity index (χ1) is 14.5. The fraction of sp³-hybridized carbons (Fsp3) is 0.714. The van der Waals surface area contributed by atoms with E-state index in [9.17, 15) is 19.2 Å². The molecule has 1 saturated heterocycles. The second kappa shape index (κ2) is 13.0. The number of allylic oxidation sites excluding steroid dienone is 2. The summed E-state index contributed by atoms with van der Waals surface area (Å²) in [6.07, 6.45) is 9.26. The molecule has 2 aliphatic rings. The summed E-state index contributed by atoms with van der Waals surface area (Å²) >= 11 is 0. The molecule has 1 aliphatic heterocycles. The first-order valence-corrected chi connectivity index (χ1v) is 10.7. The normalized spacial score (nSPS) is 23.6. The molecule has 168 valence electrons. The Morgan fingerprint density at radius 1 is 1.17 bits per heavy atom. The maximum atomic E-state index is 12.5. The van der Waals surface area contributed by atoms with Crippen LogP contribution in [0.5, 0.6) is 0 Å². The van der Waals surface area contributed by atoms with E-state index in [2.05, 4.69) is 17.5 Å². The molecule has 1 aliphatic carbocycles. The summed E-state index contributed by atoms with van der Waals surface area (Å²) in [4.78, 5) is 50.1. The molecular formula is C21H33N3O6. The summed E-state index contributed by atoms with van der Waals surface area (Å²) in [5, 5.41) is 2.66. The van der Waals surface area contributed by atoms with Gasteiger partial charge in [-0.2, -0.15) is 0 Å². The SMILES string of the molecule is CC(=O)OCC1CN(C(=O)CCNC(=O)OC2CC/C=C/CCC2)CCN1CC=O. The van der Waals surface area contributed by atoms with Crippen molar-refractivity contribution in [1.82, 2.24) is 15.1 Å². The van der Waals surface area contributed by atoms with Crippen molar-refractivity contribution >= 4 is 24.3 Å². The van der Waals surface area contributed by atoms with Gasteiger partial charge in [-0.1, -0.05) is 12.2 Å².